The van der Waals surface area contributed by atoms with Crippen LogP contribution in [0.4, 0.5) is 0 Å². The van der Waals surface area contributed by atoms with Gasteiger partial charge in [0.15, 0.2) is 0 Å². The Bertz CT molecular complexity index is 629. The number of carbonyl (C=O) groups excluding carboxylic acids is 2. The van der Waals surface area contributed by atoms with Crippen LogP contribution in [0.15, 0.2) is 48.8 Å². The molecule has 0 saturated heterocycles. The molecule has 0 fully saturated rings. The third-order valence-corrected chi connectivity index (χ3v) is 2.73. The van der Waals surface area contributed by atoms with Gasteiger partial charge in [-0.3, -0.25) is 14.6 Å². The fourth-order valence-corrected chi connectivity index (χ4v) is 1.70. The molecule has 0 radical (unpaired) electrons. The van der Waals surface area contributed by atoms with E-state index in [0.29, 0.717) is 24.2 Å². The van der Waals surface area contributed by atoms with Gasteiger partial charge >= 0.3 is 0 Å². The zero-order valence-electron chi connectivity index (χ0n) is 11.2. The lowest BCUT2D eigenvalue weighted by atomic mass is 10.2. The number of pyridine rings is 1. The lowest BCUT2D eigenvalue weighted by molar-refractivity contribution is 0.0927. The van der Waals surface area contributed by atoms with Gasteiger partial charge in [-0.05, 0) is 30.3 Å². The summed E-state index contributed by atoms with van der Waals surface area (Å²) in [5.74, 6) is -0.510. The standard InChI is InChI=1S/C15H15N3O3/c19-13-5-1-3-11(9-13)14(20)17-7-8-18-15(21)12-4-2-6-16-10-12/h1-6,9-10,19H,7-8H2,(H,17,20)(H,18,21). The summed E-state index contributed by atoms with van der Waals surface area (Å²) >= 11 is 0. The molecule has 6 nitrogen and oxygen atoms in total. The summed E-state index contributed by atoms with van der Waals surface area (Å²) in [6.45, 7) is 0.596. The fourth-order valence-electron chi connectivity index (χ4n) is 1.70. The van der Waals surface area contributed by atoms with E-state index in [1.165, 1.54) is 18.3 Å². The summed E-state index contributed by atoms with van der Waals surface area (Å²) in [7, 11) is 0. The Balaban J connectivity index is 1.75. The molecule has 1 aromatic heterocycles. The number of hydrogen-bond donors (Lipinski definition) is 3. The second-order valence-corrected chi connectivity index (χ2v) is 4.30. The van der Waals surface area contributed by atoms with Crippen LogP contribution in [-0.2, 0) is 0 Å². The van der Waals surface area contributed by atoms with Gasteiger partial charge in [-0.2, -0.15) is 0 Å². The van der Waals surface area contributed by atoms with E-state index in [2.05, 4.69) is 15.6 Å². The summed E-state index contributed by atoms with van der Waals surface area (Å²) < 4.78 is 0. The lowest BCUT2D eigenvalue weighted by Crippen LogP contribution is -2.34. The van der Waals surface area contributed by atoms with Crippen LogP contribution in [0.25, 0.3) is 0 Å². The number of carbonyl (C=O) groups is 2. The topological polar surface area (TPSA) is 91.3 Å². The van der Waals surface area contributed by atoms with Gasteiger partial charge in [0.25, 0.3) is 11.8 Å². The van der Waals surface area contributed by atoms with Crippen molar-refractivity contribution in [3.63, 3.8) is 0 Å². The molecule has 0 aliphatic carbocycles. The van der Waals surface area contributed by atoms with Crippen molar-refractivity contribution < 1.29 is 14.7 Å². The average Bonchev–Trinajstić information content (AvgIpc) is 2.52. The minimum Gasteiger partial charge on any atom is -0.508 e. The van der Waals surface area contributed by atoms with Crippen molar-refractivity contribution in [2.45, 2.75) is 0 Å². The third-order valence-electron chi connectivity index (χ3n) is 2.73. The first-order valence-corrected chi connectivity index (χ1v) is 6.42. The number of amides is 2. The highest BCUT2D eigenvalue weighted by atomic mass is 16.3. The Kier molecular flexibility index (Phi) is 4.87. The summed E-state index contributed by atoms with van der Waals surface area (Å²) in [6.07, 6.45) is 3.06. The Hall–Kier alpha value is -2.89. The number of phenolic OH excluding ortho intramolecular Hbond substituents is 1. The summed E-state index contributed by atoms with van der Waals surface area (Å²) in [5, 5.41) is 14.6. The second-order valence-electron chi connectivity index (χ2n) is 4.30. The Labute approximate surface area is 121 Å². The largest absolute Gasteiger partial charge is 0.508 e. The van der Waals surface area contributed by atoms with Gasteiger partial charge in [0.05, 0.1) is 5.56 Å². The Morgan fingerprint density at radius 2 is 1.67 bits per heavy atom. The zero-order valence-corrected chi connectivity index (χ0v) is 11.2. The van der Waals surface area contributed by atoms with Crippen LogP contribution in [0.1, 0.15) is 20.7 Å². The lowest BCUT2D eigenvalue weighted by Gasteiger charge is -2.07. The molecule has 0 spiro atoms. The second kappa shape index (κ2) is 7.04. The molecule has 1 heterocycles. The number of nitrogens with zero attached hydrogens (tertiary/aromatic N) is 1. The van der Waals surface area contributed by atoms with E-state index in [1.54, 1.807) is 30.5 Å². The summed E-state index contributed by atoms with van der Waals surface area (Å²) in [4.78, 5) is 27.3. The predicted octanol–water partition coefficient (Wildman–Crippen LogP) is 0.947. The van der Waals surface area contributed by atoms with E-state index < -0.39 is 0 Å². The first-order valence-electron chi connectivity index (χ1n) is 6.42. The van der Waals surface area contributed by atoms with Gasteiger partial charge in [-0.25, -0.2) is 0 Å². The number of phenols is 1. The maximum absolute atomic E-state index is 11.8. The first-order chi connectivity index (χ1) is 10.2. The van der Waals surface area contributed by atoms with Gasteiger partial charge in [0.2, 0.25) is 0 Å². The normalized spacial score (nSPS) is 9.90. The van der Waals surface area contributed by atoms with Gasteiger partial charge in [0, 0.05) is 31.0 Å². The monoisotopic (exact) mass is 285 g/mol. The van der Waals surface area contributed by atoms with Gasteiger partial charge in [-0.1, -0.05) is 6.07 Å². The molecular formula is C15H15N3O3. The highest BCUT2D eigenvalue weighted by molar-refractivity contribution is 5.95. The molecule has 1 aromatic carbocycles. The zero-order chi connectivity index (χ0) is 15.1. The molecule has 2 aromatic rings. The molecule has 0 unspecified atom stereocenters. The van der Waals surface area contributed by atoms with E-state index in [0.717, 1.165) is 0 Å². The van der Waals surface area contributed by atoms with E-state index in [-0.39, 0.29) is 17.6 Å². The first kappa shape index (κ1) is 14.5. The van der Waals surface area contributed by atoms with E-state index >= 15 is 0 Å². The van der Waals surface area contributed by atoms with Crippen molar-refractivity contribution in [2.75, 3.05) is 13.1 Å². The molecule has 21 heavy (non-hydrogen) atoms. The van der Waals surface area contributed by atoms with Crippen LogP contribution < -0.4 is 10.6 Å². The van der Waals surface area contributed by atoms with Crippen LogP contribution in [0.2, 0.25) is 0 Å². The quantitative estimate of drug-likeness (QED) is 0.713. The maximum atomic E-state index is 11.8. The number of rotatable bonds is 5. The van der Waals surface area contributed by atoms with Gasteiger partial charge in [0.1, 0.15) is 5.75 Å². The SMILES string of the molecule is O=C(NCCNC(=O)c1cccc(O)c1)c1cccnc1. The van der Waals surface area contributed by atoms with E-state index in [1.807, 2.05) is 0 Å². The Morgan fingerprint density at radius 3 is 2.29 bits per heavy atom. The van der Waals surface area contributed by atoms with Crippen LogP contribution in [0.3, 0.4) is 0 Å². The number of aromatic nitrogens is 1. The fraction of sp³-hybridized carbons (Fsp3) is 0.133. The highest BCUT2D eigenvalue weighted by Crippen LogP contribution is 2.10. The number of nitrogens with one attached hydrogen (secondary N) is 2. The van der Waals surface area contributed by atoms with Crippen molar-refractivity contribution in [1.29, 1.82) is 0 Å². The van der Waals surface area contributed by atoms with E-state index in [9.17, 15) is 14.7 Å². The molecule has 0 bridgehead atoms. The van der Waals surface area contributed by atoms with Gasteiger partial charge < -0.3 is 15.7 Å². The molecule has 0 atom stereocenters. The molecule has 2 rings (SSSR count). The Morgan fingerprint density at radius 1 is 1.00 bits per heavy atom. The molecular weight excluding hydrogens is 270 g/mol. The molecule has 0 saturated carbocycles. The van der Waals surface area contributed by atoms with Gasteiger partial charge in [-0.15, -0.1) is 0 Å². The van der Waals surface area contributed by atoms with Crippen molar-refractivity contribution in [2.24, 2.45) is 0 Å². The molecule has 0 aliphatic heterocycles. The van der Waals surface area contributed by atoms with E-state index in [4.69, 9.17) is 0 Å². The highest BCUT2D eigenvalue weighted by Gasteiger charge is 2.06. The number of aromatic hydroxyl groups is 1. The molecule has 0 aliphatic rings. The molecule has 108 valence electrons. The summed E-state index contributed by atoms with van der Waals surface area (Å²) in [5.41, 5.74) is 0.838. The van der Waals surface area contributed by atoms with Crippen molar-refractivity contribution in [3.8, 4) is 5.75 Å². The number of benzene rings is 1. The van der Waals surface area contributed by atoms with Crippen LogP contribution in [0, 0.1) is 0 Å². The average molecular weight is 285 g/mol. The van der Waals surface area contributed by atoms with Crippen LogP contribution >= 0.6 is 0 Å². The minimum absolute atomic E-state index is 0.0348. The molecule has 2 amide bonds. The number of hydrogen-bond acceptors (Lipinski definition) is 4. The van der Waals surface area contributed by atoms with Crippen molar-refractivity contribution >= 4 is 11.8 Å². The predicted molar refractivity (Wildman–Crippen MR) is 77.0 cm³/mol. The smallest absolute Gasteiger partial charge is 0.252 e. The van der Waals surface area contributed by atoms with Crippen LogP contribution in [-0.4, -0.2) is 35.0 Å². The minimum atomic E-state index is -0.304. The molecule has 3 N–H and O–H groups in total. The van der Waals surface area contributed by atoms with Crippen molar-refractivity contribution in [3.05, 3.63) is 59.9 Å². The maximum Gasteiger partial charge on any atom is 0.252 e. The summed E-state index contributed by atoms with van der Waals surface area (Å²) in [6, 6.07) is 9.40. The van der Waals surface area contributed by atoms with Crippen LogP contribution in [0.5, 0.6) is 5.75 Å². The third kappa shape index (κ3) is 4.31. The van der Waals surface area contributed by atoms with Crippen molar-refractivity contribution in [1.82, 2.24) is 15.6 Å². The molecule has 6 heteroatoms.